The lowest BCUT2D eigenvalue weighted by Crippen LogP contribution is -2.40. The molecule has 0 fully saturated rings. The van der Waals surface area contributed by atoms with Crippen LogP contribution >= 0.6 is 11.6 Å². The van der Waals surface area contributed by atoms with E-state index in [1.165, 1.54) is 4.90 Å². The van der Waals surface area contributed by atoms with Crippen molar-refractivity contribution in [3.05, 3.63) is 47.3 Å². The van der Waals surface area contributed by atoms with Gasteiger partial charge < -0.3 is 15.1 Å². The first kappa shape index (κ1) is 25.2. The minimum absolute atomic E-state index is 0.0121. The van der Waals surface area contributed by atoms with Crippen LogP contribution < -0.4 is 5.32 Å². The molecule has 2 aliphatic rings. The van der Waals surface area contributed by atoms with Gasteiger partial charge in [-0.05, 0) is 42.5 Å². The first-order valence-electron chi connectivity index (χ1n) is 10.6. The van der Waals surface area contributed by atoms with Gasteiger partial charge in [-0.15, -0.1) is 11.6 Å². The van der Waals surface area contributed by atoms with Gasteiger partial charge in [0.05, 0.1) is 29.4 Å². The lowest BCUT2D eigenvalue weighted by molar-refractivity contribution is -0.137. The molecule has 7 nitrogen and oxygen atoms in total. The molecule has 3 heterocycles. The Labute approximate surface area is 194 Å². The molecule has 1 aromatic heterocycles. The Morgan fingerprint density at radius 1 is 1.39 bits per heavy atom. The number of aromatic nitrogens is 1. The van der Waals surface area contributed by atoms with Crippen molar-refractivity contribution >= 4 is 29.2 Å². The number of allylic oxidation sites excluding steroid dienone is 1. The highest BCUT2D eigenvalue weighted by Gasteiger charge is 2.32. The maximum atomic E-state index is 12.6. The van der Waals surface area contributed by atoms with Crippen LogP contribution in [0.4, 0.5) is 23.8 Å². The van der Waals surface area contributed by atoms with E-state index < -0.39 is 23.9 Å². The molecule has 180 valence electrons. The number of alkyl halides is 4. The number of nitrogens with one attached hydrogen (secondary N) is 1. The molecule has 2 unspecified atom stereocenters. The summed E-state index contributed by atoms with van der Waals surface area (Å²) in [5.41, 5.74) is 1.82. The molecule has 2 amide bonds. The highest BCUT2D eigenvalue weighted by molar-refractivity contribution is 6.35. The van der Waals surface area contributed by atoms with Gasteiger partial charge in [0.1, 0.15) is 5.82 Å². The van der Waals surface area contributed by atoms with Crippen molar-refractivity contribution in [2.45, 2.75) is 43.8 Å². The summed E-state index contributed by atoms with van der Waals surface area (Å²) in [6.45, 7) is 2.41. The van der Waals surface area contributed by atoms with Gasteiger partial charge in [-0.2, -0.15) is 13.2 Å². The van der Waals surface area contributed by atoms with E-state index in [1.54, 1.807) is 6.20 Å². The van der Waals surface area contributed by atoms with Gasteiger partial charge >= 0.3 is 12.2 Å². The third kappa shape index (κ3) is 6.33. The molecule has 0 bridgehead atoms. The van der Waals surface area contributed by atoms with Crippen LogP contribution in [-0.4, -0.2) is 63.0 Å². The van der Waals surface area contributed by atoms with Crippen LogP contribution in [-0.2, 0) is 6.18 Å². The number of halogens is 4. The number of aliphatic hydroxyl groups is 2. The van der Waals surface area contributed by atoms with Gasteiger partial charge in [0.25, 0.3) is 0 Å². The lowest BCUT2D eigenvalue weighted by Gasteiger charge is -2.31. The summed E-state index contributed by atoms with van der Waals surface area (Å²) in [7, 11) is 0. The number of carbonyl (C=O) groups excluding carboxylic acids is 1. The molecule has 3 rings (SSSR count). The molecule has 0 saturated carbocycles. The Kier molecular flexibility index (Phi) is 8.14. The number of rotatable bonds is 6. The molecule has 2 aliphatic heterocycles. The smallest absolute Gasteiger partial charge is 0.394 e. The van der Waals surface area contributed by atoms with E-state index in [1.807, 2.05) is 13.0 Å². The maximum Gasteiger partial charge on any atom is 0.417 e. The van der Waals surface area contributed by atoms with Gasteiger partial charge in [-0.3, -0.25) is 10.3 Å². The molecular weight excluding hydrogens is 461 g/mol. The van der Waals surface area contributed by atoms with Crippen LogP contribution in [0, 0.1) is 5.92 Å². The lowest BCUT2D eigenvalue weighted by atomic mass is 9.86. The molecule has 0 aliphatic carbocycles. The van der Waals surface area contributed by atoms with E-state index in [0.717, 1.165) is 29.0 Å². The van der Waals surface area contributed by atoms with Crippen molar-refractivity contribution < 1.29 is 28.2 Å². The number of carbonyl (C=O) groups is 1. The third-order valence-electron chi connectivity index (χ3n) is 5.78. The Balaban J connectivity index is 1.60. The maximum absolute atomic E-state index is 12.6. The van der Waals surface area contributed by atoms with Crippen molar-refractivity contribution in [1.29, 1.82) is 0 Å². The van der Waals surface area contributed by atoms with Gasteiger partial charge in [0, 0.05) is 31.4 Å². The monoisotopic (exact) mass is 486 g/mol. The van der Waals surface area contributed by atoms with E-state index in [9.17, 15) is 23.1 Å². The van der Waals surface area contributed by atoms with Crippen molar-refractivity contribution in [3.63, 3.8) is 0 Å². The summed E-state index contributed by atoms with van der Waals surface area (Å²) >= 11 is 6.66. The normalized spacial score (nSPS) is 22.3. The van der Waals surface area contributed by atoms with Gasteiger partial charge in [0.15, 0.2) is 0 Å². The summed E-state index contributed by atoms with van der Waals surface area (Å²) in [6.07, 6.45) is 0.620. The summed E-state index contributed by atoms with van der Waals surface area (Å²) < 4.78 is 37.9. The van der Waals surface area contributed by atoms with Crippen molar-refractivity contribution in [1.82, 2.24) is 9.88 Å². The standard InChI is InChI=1S/C22H26ClF3N4O3/c1-13-15(2-4-17(32)12-31)10-28-20(19(13)23)14-6-8-30(9-7-14)21(33)29-18-5-3-16(11-27-18)22(24,25)26/h3,5-6,10-11,13,17,19,31-32H,2,4,7-9,12H2,1H3,(H,27,29,33)/t13?,17-,19?/m0/s1. The first-order valence-corrected chi connectivity index (χ1v) is 11.0. The number of urea groups is 1. The van der Waals surface area contributed by atoms with Crippen LogP contribution in [0.1, 0.15) is 31.7 Å². The molecule has 1 aromatic rings. The van der Waals surface area contributed by atoms with Gasteiger partial charge in [-0.1, -0.05) is 13.0 Å². The Morgan fingerprint density at radius 3 is 2.73 bits per heavy atom. The molecule has 0 radical (unpaired) electrons. The van der Waals surface area contributed by atoms with Crippen LogP contribution in [0.25, 0.3) is 0 Å². The summed E-state index contributed by atoms with van der Waals surface area (Å²) in [5.74, 6) is 0.0519. The Hall–Kier alpha value is -2.43. The molecule has 11 heteroatoms. The van der Waals surface area contributed by atoms with Crippen molar-refractivity contribution in [3.8, 4) is 0 Å². The molecule has 3 atom stereocenters. The SMILES string of the molecule is CC1C(CC[C@H](O)CO)=CN=C(C2=CCN(C(=O)Nc3ccc(C(F)(F)F)cn3)CC2)C1Cl. The Morgan fingerprint density at radius 2 is 2.15 bits per heavy atom. The second-order valence-electron chi connectivity index (χ2n) is 8.07. The number of pyridine rings is 1. The van der Waals surface area contributed by atoms with E-state index in [4.69, 9.17) is 16.7 Å². The fourth-order valence-corrected chi connectivity index (χ4v) is 4.01. The predicted molar refractivity (Wildman–Crippen MR) is 119 cm³/mol. The molecule has 0 spiro atoms. The second kappa shape index (κ2) is 10.7. The van der Waals surface area contributed by atoms with Crippen LogP contribution in [0.5, 0.6) is 0 Å². The minimum Gasteiger partial charge on any atom is -0.394 e. The first-order chi connectivity index (χ1) is 15.6. The van der Waals surface area contributed by atoms with Crippen LogP contribution in [0.15, 0.2) is 46.7 Å². The minimum atomic E-state index is -4.49. The quantitative estimate of drug-likeness (QED) is 0.530. The highest BCUT2D eigenvalue weighted by atomic mass is 35.5. The average Bonchev–Trinajstić information content (AvgIpc) is 2.79. The van der Waals surface area contributed by atoms with Crippen molar-refractivity contribution in [2.75, 3.05) is 25.0 Å². The van der Waals surface area contributed by atoms with Gasteiger partial charge in [0.2, 0.25) is 0 Å². The molecule has 3 N–H and O–H groups in total. The zero-order valence-corrected chi connectivity index (χ0v) is 18.8. The predicted octanol–water partition coefficient (Wildman–Crippen LogP) is 3.98. The van der Waals surface area contributed by atoms with Gasteiger partial charge in [-0.25, -0.2) is 9.78 Å². The summed E-state index contributed by atoms with van der Waals surface area (Å²) in [4.78, 5) is 22.2. The van der Waals surface area contributed by atoms with E-state index in [0.29, 0.717) is 38.5 Å². The highest BCUT2D eigenvalue weighted by Crippen LogP contribution is 2.32. The number of hydrogen-bond acceptors (Lipinski definition) is 5. The third-order valence-corrected chi connectivity index (χ3v) is 6.37. The average molecular weight is 487 g/mol. The summed E-state index contributed by atoms with van der Waals surface area (Å²) in [6, 6.07) is 1.53. The number of anilines is 1. The number of nitrogens with zero attached hydrogens (tertiary/aromatic N) is 3. The zero-order valence-electron chi connectivity index (χ0n) is 18.0. The fraction of sp³-hybridized carbons (Fsp3) is 0.500. The van der Waals surface area contributed by atoms with E-state index in [2.05, 4.69) is 15.3 Å². The number of aliphatic imine (C=N–C) groups is 1. The molecular formula is C22H26ClF3N4O3. The largest absolute Gasteiger partial charge is 0.417 e. The second-order valence-corrected chi connectivity index (χ2v) is 8.54. The molecule has 0 saturated heterocycles. The molecule has 33 heavy (non-hydrogen) atoms. The van der Waals surface area contributed by atoms with E-state index in [-0.39, 0.29) is 23.7 Å². The summed E-state index contributed by atoms with van der Waals surface area (Å²) in [5, 5.41) is 20.7. The fourth-order valence-electron chi connectivity index (χ4n) is 3.65. The van der Waals surface area contributed by atoms with Crippen LogP contribution in [0.3, 0.4) is 0 Å². The van der Waals surface area contributed by atoms with Crippen LogP contribution in [0.2, 0.25) is 0 Å². The molecule has 0 aromatic carbocycles. The van der Waals surface area contributed by atoms with E-state index >= 15 is 0 Å². The Bertz CT molecular complexity index is 947. The number of aliphatic hydroxyl groups excluding tert-OH is 2. The topological polar surface area (TPSA) is 98.0 Å². The zero-order chi connectivity index (χ0) is 24.2. The number of amides is 2. The number of hydrogen-bond donors (Lipinski definition) is 3. The van der Waals surface area contributed by atoms with Crippen molar-refractivity contribution in [2.24, 2.45) is 10.9 Å².